The average Bonchev–Trinajstić information content (AvgIpc) is 2.48. The molecule has 0 unspecified atom stereocenters. The Bertz CT molecular complexity index is 663. The topological polar surface area (TPSA) is 96.9 Å². The van der Waals surface area contributed by atoms with E-state index < -0.39 is 24.3 Å². The Morgan fingerprint density at radius 3 is 2.82 bits per heavy atom. The molecule has 1 heterocycles. The second kappa shape index (κ2) is 6.99. The molecule has 0 radical (unpaired) electrons. The molecule has 2 rings (SSSR count). The summed E-state index contributed by atoms with van der Waals surface area (Å²) in [5.74, 6) is -2.25. The minimum absolute atomic E-state index is 0.0269. The molecule has 116 valence electrons. The molecular formula is C13H11ClFN3O4. The van der Waals surface area contributed by atoms with Gasteiger partial charge in [-0.15, -0.1) is 0 Å². The number of ether oxygens (including phenoxy) is 1. The molecule has 1 aromatic rings. The van der Waals surface area contributed by atoms with E-state index in [1.54, 1.807) is 0 Å². The monoisotopic (exact) mass is 327 g/mol. The van der Waals surface area contributed by atoms with Crippen molar-refractivity contribution in [3.05, 3.63) is 29.0 Å². The van der Waals surface area contributed by atoms with E-state index >= 15 is 0 Å². The van der Waals surface area contributed by atoms with Gasteiger partial charge >= 0.3 is 5.97 Å². The third-order valence-corrected chi connectivity index (χ3v) is 2.99. The van der Waals surface area contributed by atoms with Crippen molar-refractivity contribution in [1.29, 1.82) is 0 Å². The number of nitrogens with one attached hydrogen (secondary N) is 2. The van der Waals surface area contributed by atoms with Crippen molar-refractivity contribution in [2.24, 2.45) is 5.10 Å². The Morgan fingerprint density at radius 2 is 2.18 bits per heavy atom. The minimum atomic E-state index is -0.791. The first-order chi connectivity index (χ1) is 10.5. The van der Waals surface area contributed by atoms with Gasteiger partial charge in [0.2, 0.25) is 5.91 Å². The van der Waals surface area contributed by atoms with Crippen molar-refractivity contribution >= 4 is 40.8 Å². The van der Waals surface area contributed by atoms with E-state index in [0.717, 1.165) is 12.1 Å². The molecule has 1 aromatic carbocycles. The average molecular weight is 328 g/mol. The summed E-state index contributed by atoms with van der Waals surface area (Å²) in [5, 5.41) is 5.95. The molecule has 1 aliphatic rings. The van der Waals surface area contributed by atoms with E-state index in [2.05, 4.69) is 15.8 Å². The van der Waals surface area contributed by atoms with Crippen molar-refractivity contribution in [3.63, 3.8) is 0 Å². The second-order valence-corrected chi connectivity index (χ2v) is 4.75. The van der Waals surface area contributed by atoms with Gasteiger partial charge in [0.25, 0.3) is 5.91 Å². The van der Waals surface area contributed by atoms with E-state index in [9.17, 15) is 18.8 Å². The van der Waals surface area contributed by atoms with Crippen LogP contribution in [-0.4, -0.2) is 30.1 Å². The zero-order chi connectivity index (χ0) is 16.1. The van der Waals surface area contributed by atoms with Crippen molar-refractivity contribution in [2.45, 2.75) is 12.8 Å². The zero-order valence-corrected chi connectivity index (χ0v) is 11.9. The number of nitrogens with zero attached hydrogens (tertiary/aromatic N) is 1. The summed E-state index contributed by atoms with van der Waals surface area (Å²) in [6.07, 6.45) is 0.279. The predicted molar refractivity (Wildman–Crippen MR) is 75.8 cm³/mol. The molecule has 0 saturated heterocycles. The molecule has 7 nitrogen and oxygen atoms in total. The van der Waals surface area contributed by atoms with E-state index in [1.165, 1.54) is 6.07 Å². The Morgan fingerprint density at radius 1 is 1.41 bits per heavy atom. The largest absolute Gasteiger partial charge is 0.451 e. The van der Waals surface area contributed by atoms with Crippen LogP contribution in [0.4, 0.5) is 10.1 Å². The summed E-state index contributed by atoms with van der Waals surface area (Å²) < 4.78 is 17.6. The van der Waals surface area contributed by atoms with Gasteiger partial charge in [-0.1, -0.05) is 11.6 Å². The summed E-state index contributed by atoms with van der Waals surface area (Å²) >= 11 is 5.75. The number of hydrazone groups is 1. The van der Waals surface area contributed by atoms with Crippen LogP contribution in [-0.2, 0) is 19.1 Å². The number of carbonyl (C=O) groups excluding carboxylic acids is 3. The minimum Gasteiger partial charge on any atom is -0.451 e. The first kappa shape index (κ1) is 15.9. The SMILES string of the molecule is O=C1CCC(C(=O)OCC(=O)Nc2ccc(F)cc2Cl)=NN1. The predicted octanol–water partition coefficient (Wildman–Crippen LogP) is 1.23. The fourth-order valence-electron chi connectivity index (χ4n) is 1.61. The quantitative estimate of drug-likeness (QED) is 0.813. The number of carbonyl (C=O) groups is 3. The van der Waals surface area contributed by atoms with Gasteiger partial charge in [0.05, 0.1) is 10.7 Å². The van der Waals surface area contributed by atoms with Gasteiger partial charge in [0.1, 0.15) is 11.5 Å². The van der Waals surface area contributed by atoms with Crippen molar-refractivity contribution in [2.75, 3.05) is 11.9 Å². The first-order valence-corrected chi connectivity index (χ1v) is 6.61. The molecular weight excluding hydrogens is 317 g/mol. The van der Waals surface area contributed by atoms with E-state index in [4.69, 9.17) is 16.3 Å². The summed E-state index contributed by atoms with van der Waals surface area (Å²) in [7, 11) is 0. The van der Waals surface area contributed by atoms with Gasteiger partial charge in [0, 0.05) is 12.8 Å². The second-order valence-electron chi connectivity index (χ2n) is 4.34. The molecule has 0 bridgehead atoms. The maximum atomic E-state index is 12.9. The number of esters is 1. The van der Waals surface area contributed by atoms with E-state index in [0.29, 0.717) is 0 Å². The smallest absolute Gasteiger partial charge is 0.355 e. The lowest BCUT2D eigenvalue weighted by Gasteiger charge is -2.11. The van der Waals surface area contributed by atoms with Gasteiger partial charge < -0.3 is 10.1 Å². The van der Waals surface area contributed by atoms with E-state index in [1.807, 2.05) is 0 Å². The molecule has 1 aliphatic heterocycles. The first-order valence-electron chi connectivity index (χ1n) is 6.23. The third-order valence-electron chi connectivity index (χ3n) is 2.68. The molecule has 2 amide bonds. The highest BCUT2D eigenvalue weighted by molar-refractivity contribution is 6.37. The summed E-state index contributed by atoms with van der Waals surface area (Å²) in [6, 6.07) is 3.47. The molecule has 0 saturated carbocycles. The Balaban J connectivity index is 1.85. The molecule has 0 aromatic heterocycles. The highest BCUT2D eigenvalue weighted by Crippen LogP contribution is 2.22. The van der Waals surface area contributed by atoms with Crippen LogP contribution in [0.3, 0.4) is 0 Å². The van der Waals surface area contributed by atoms with Gasteiger partial charge in [-0.05, 0) is 18.2 Å². The Labute approximate surface area is 129 Å². The Kier molecular flexibility index (Phi) is 5.05. The lowest BCUT2D eigenvalue weighted by molar-refractivity contribution is -0.140. The van der Waals surface area contributed by atoms with Crippen molar-refractivity contribution < 1.29 is 23.5 Å². The maximum absolute atomic E-state index is 12.9. The fourth-order valence-corrected chi connectivity index (χ4v) is 1.83. The number of anilines is 1. The van der Waals surface area contributed by atoms with Crippen LogP contribution < -0.4 is 10.7 Å². The molecule has 2 N–H and O–H groups in total. The van der Waals surface area contributed by atoms with Gasteiger partial charge in [-0.2, -0.15) is 5.10 Å². The summed E-state index contributed by atoms with van der Waals surface area (Å²) in [5.41, 5.74) is 2.38. The molecule has 0 atom stereocenters. The van der Waals surface area contributed by atoms with Crippen LogP contribution in [0.15, 0.2) is 23.3 Å². The van der Waals surface area contributed by atoms with Crippen molar-refractivity contribution in [1.82, 2.24) is 5.43 Å². The van der Waals surface area contributed by atoms with Crippen molar-refractivity contribution in [3.8, 4) is 0 Å². The lowest BCUT2D eigenvalue weighted by Crippen LogP contribution is -2.32. The van der Waals surface area contributed by atoms with Crippen LogP contribution in [0.2, 0.25) is 5.02 Å². The zero-order valence-electron chi connectivity index (χ0n) is 11.2. The Hall–Kier alpha value is -2.48. The summed E-state index contributed by atoms with van der Waals surface area (Å²) in [4.78, 5) is 34.1. The molecule has 0 spiro atoms. The molecule has 22 heavy (non-hydrogen) atoms. The van der Waals surface area contributed by atoms with Gasteiger partial charge in [-0.3, -0.25) is 9.59 Å². The van der Waals surface area contributed by atoms with Crippen LogP contribution in [0.1, 0.15) is 12.8 Å². The number of amides is 2. The van der Waals surface area contributed by atoms with E-state index in [-0.39, 0.29) is 35.2 Å². The van der Waals surface area contributed by atoms with Crippen LogP contribution in [0.5, 0.6) is 0 Å². The van der Waals surface area contributed by atoms with Crippen LogP contribution in [0, 0.1) is 5.82 Å². The van der Waals surface area contributed by atoms with Crippen LogP contribution >= 0.6 is 11.6 Å². The lowest BCUT2D eigenvalue weighted by atomic mass is 10.2. The summed E-state index contributed by atoms with van der Waals surface area (Å²) in [6.45, 7) is -0.556. The molecule has 9 heteroatoms. The number of hydrogen-bond donors (Lipinski definition) is 2. The third kappa shape index (κ3) is 4.26. The number of benzene rings is 1. The number of hydrogen-bond acceptors (Lipinski definition) is 5. The van der Waals surface area contributed by atoms with Gasteiger partial charge in [0.15, 0.2) is 6.61 Å². The molecule has 0 aliphatic carbocycles. The fraction of sp³-hybridized carbons (Fsp3) is 0.231. The normalized spacial score (nSPS) is 13.9. The van der Waals surface area contributed by atoms with Crippen LogP contribution in [0.25, 0.3) is 0 Å². The maximum Gasteiger partial charge on any atom is 0.355 e. The highest BCUT2D eigenvalue weighted by Gasteiger charge is 2.20. The molecule has 0 fully saturated rings. The number of rotatable bonds is 4. The standard InChI is InChI=1S/C13H11ClFN3O4/c14-8-5-7(15)1-2-9(8)16-12(20)6-22-13(21)10-3-4-11(19)18-17-10/h1-2,5H,3-4,6H2,(H,16,20)(H,18,19). The number of halogens is 2. The van der Waals surface area contributed by atoms with Gasteiger partial charge in [-0.25, -0.2) is 14.6 Å². The highest BCUT2D eigenvalue weighted by atomic mass is 35.5.